The van der Waals surface area contributed by atoms with Crippen molar-refractivity contribution in [3.63, 3.8) is 0 Å². The van der Waals surface area contributed by atoms with E-state index >= 15 is 0 Å². The van der Waals surface area contributed by atoms with Gasteiger partial charge in [0.05, 0.1) is 0 Å². The van der Waals surface area contributed by atoms with Crippen LogP contribution in [0.5, 0.6) is 0 Å². The van der Waals surface area contributed by atoms with Crippen molar-refractivity contribution < 1.29 is 14.7 Å². The molecular formula is C25H51N3O3. The Kier molecular flexibility index (Phi) is 21.0. The first-order chi connectivity index (χ1) is 15.0. The van der Waals surface area contributed by atoms with Crippen molar-refractivity contribution in [2.75, 3.05) is 13.1 Å². The maximum absolute atomic E-state index is 11.7. The molecule has 31 heavy (non-hydrogen) atoms. The lowest BCUT2D eigenvalue weighted by atomic mass is 10.0. The fraction of sp³-hybridized carbons (Fsp3) is 0.920. The molecule has 0 aromatic rings. The summed E-state index contributed by atoms with van der Waals surface area (Å²) in [6.07, 6.45) is 22.4. The van der Waals surface area contributed by atoms with E-state index in [1.807, 2.05) is 0 Å². The van der Waals surface area contributed by atoms with Gasteiger partial charge in [0.1, 0.15) is 6.04 Å². The Morgan fingerprint density at radius 2 is 1.13 bits per heavy atom. The number of aliphatic carboxylic acids is 1. The predicted molar refractivity (Wildman–Crippen MR) is 130 cm³/mol. The van der Waals surface area contributed by atoms with Crippen LogP contribution in [0, 0.1) is 0 Å². The highest BCUT2D eigenvalue weighted by molar-refractivity contribution is 5.81. The molecular weight excluding hydrogens is 390 g/mol. The molecule has 184 valence electrons. The molecule has 0 heterocycles. The smallest absolute Gasteiger partial charge is 0.326 e. The van der Waals surface area contributed by atoms with E-state index in [-0.39, 0.29) is 0 Å². The van der Waals surface area contributed by atoms with Crippen LogP contribution in [-0.2, 0) is 4.79 Å². The van der Waals surface area contributed by atoms with Gasteiger partial charge in [-0.25, -0.2) is 9.59 Å². The Balaban J connectivity index is 3.67. The van der Waals surface area contributed by atoms with Crippen molar-refractivity contribution in [1.29, 1.82) is 0 Å². The summed E-state index contributed by atoms with van der Waals surface area (Å²) in [6.45, 7) is 3.22. The van der Waals surface area contributed by atoms with Crippen LogP contribution in [0.15, 0.2) is 0 Å². The van der Waals surface area contributed by atoms with Crippen molar-refractivity contribution in [3.05, 3.63) is 0 Å². The number of primary amides is 1. The van der Waals surface area contributed by atoms with E-state index in [9.17, 15) is 14.7 Å². The summed E-state index contributed by atoms with van der Waals surface area (Å²) >= 11 is 0. The van der Waals surface area contributed by atoms with E-state index in [0.29, 0.717) is 25.9 Å². The first-order valence-electron chi connectivity index (χ1n) is 13.0. The number of amides is 2. The highest BCUT2D eigenvalue weighted by Crippen LogP contribution is 2.15. The molecule has 0 saturated carbocycles. The maximum Gasteiger partial charge on any atom is 0.326 e. The molecule has 0 aliphatic carbocycles. The van der Waals surface area contributed by atoms with E-state index in [0.717, 1.165) is 25.7 Å². The molecule has 0 aliphatic rings. The van der Waals surface area contributed by atoms with Crippen molar-refractivity contribution in [2.45, 2.75) is 135 Å². The number of carbonyl (C=O) groups excluding carboxylic acids is 1. The number of hydrogen-bond donors (Lipinski definition) is 3. The molecule has 0 fully saturated rings. The Morgan fingerprint density at radius 1 is 0.710 bits per heavy atom. The first kappa shape index (κ1) is 29.7. The predicted octanol–water partition coefficient (Wildman–Crippen LogP) is 6.21. The summed E-state index contributed by atoms with van der Waals surface area (Å²) in [7, 11) is 0. The second kappa shape index (κ2) is 21.9. The van der Waals surface area contributed by atoms with Gasteiger partial charge in [-0.15, -0.1) is 0 Å². The molecule has 0 bridgehead atoms. The quantitative estimate of drug-likeness (QED) is 0.164. The van der Waals surface area contributed by atoms with Gasteiger partial charge in [-0.2, -0.15) is 0 Å². The highest BCUT2D eigenvalue weighted by atomic mass is 16.4. The largest absolute Gasteiger partial charge is 0.480 e. The zero-order chi connectivity index (χ0) is 23.2. The number of carboxylic acid groups (broad SMARTS) is 1. The molecule has 2 amide bonds. The standard InChI is InChI=1S/C25H51N3O3/c1-2-3-4-5-6-7-8-9-10-11-12-13-14-15-16-19-22-28(25(27)31)23(24(29)30)20-17-18-21-26/h23H,2-22,26H2,1H3,(H2,27,31)(H,29,30). The van der Waals surface area contributed by atoms with Crippen LogP contribution in [0.2, 0.25) is 0 Å². The van der Waals surface area contributed by atoms with Crippen molar-refractivity contribution in [3.8, 4) is 0 Å². The zero-order valence-corrected chi connectivity index (χ0v) is 20.3. The number of carboxylic acids is 1. The van der Waals surface area contributed by atoms with Crippen LogP contribution < -0.4 is 11.5 Å². The molecule has 0 spiro atoms. The third-order valence-corrected chi connectivity index (χ3v) is 6.13. The minimum atomic E-state index is -0.979. The summed E-state index contributed by atoms with van der Waals surface area (Å²) in [6, 6.07) is -1.47. The highest BCUT2D eigenvalue weighted by Gasteiger charge is 2.27. The third-order valence-electron chi connectivity index (χ3n) is 6.13. The van der Waals surface area contributed by atoms with Gasteiger partial charge in [-0.1, -0.05) is 103 Å². The monoisotopic (exact) mass is 441 g/mol. The van der Waals surface area contributed by atoms with E-state index in [1.54, 1.807) is 0 Å². The number of nitrogens with two attached hydrogens (primary N) is 2. The van der Waals surface area contributed by atoms with Gasteiger partial charge < -0.3 is 21.5 Å². The fourth-order valence-corrected chi connectivity index (χ4v) is 4.14. The molecule has 6 nitrogen and oxygen atoms in total. The summed E-state index contributed by atoms with van der Waals surface area (Å²) in [5.41, 5.74) is 10.9. The summed E-state index contributed by atoms with van der Waals surface area (Å²) in [5.74, 6) is -0.979. The molecule has 0 rings (SSSR count). The van der Waals surface area contributed by atoms with Gasteiger partial charge in [0.2, 0.25) is 0 Å². The number of unbranched alkanes of at least 4 members (excludes halogenated alkanes) is 16. The Hall–Kier alpha value is -1.30. The molecule has 0 aliphatic heterocycles. The van der Waals surface area contributed by atoms with Crippen LogP contribution in [0.1, 0.15) is 129 Å². The van der Waals surface area contributed by atoms with Crippen LogP contribution in [0.25, 0.3) is 0 Å². The van der Waals surface area contributed by atoms with Crippen LogP contribution in [0.4, 0.5) is 4.79 Å². The summed E-state index contributed by atoms with van der Waals surface area (Å²) in [5, 5.41) is 9.45. The van der Waals surface area contributed by atoms with Crippen LogP contribution >= 0.6 is 0 Å². The summed E-state index contributed by atoms with van der Waals surface area (Å²) < 4.78 is 0. The van der Waals surface area contributed by atoms with Crippen LogP contribution in [-0.4, -0.2) is 41.1 Å². The molecule has 1 atom stereocenters. The van der Waals surface area contributed by atoms with Gasteiger partial charge in [0.15, 0.2) is 0 Å². The van der Waals surface area contributed by atoms with E-state index in [1.165, 1.54) is 88.4 Å². The zero-order valence-electron chi connectivity index (χ0n) is 20.3. The molecule has 0 aromatic carbocycles. The van der Waals surface area contributed by atoms with Gasteiger partial charge in [0.25, 0.3) is 0 Å². The minimum Gasteiger partial charge on any atom is -0.480 e. The summed E-state index contributed by atoms with van der Waals surface area (Å²) in [4.78, 5) is 24.6. The lowest BCUT2D eigenvalue weighted by Crippen LogP contribution is -2.48. The number of hydrogen-bond acceptors (Lipinski definition) is 3. The van der Waals surface area contributed by atoms with Gasteiger partial charge in [-0.05, 0) is 32.2 Å². The molecule has 0 radical (unpaired) electrons. The van der Waals surface area contributed by atoms with Crippen LogP contribution in [0.3, 0.4) is 0 Å². The first-order valence-corrected chi connectivity index (χ1v) is 13.0. The number of urea groups is 1. The van der Waals surface area contributed by atoms with E-state index < -0.39 is 18.0 Å². The second-order valence-electron chi connectivity index (χ2n) is 8.97. The van der Waals surface area contributed by atoms with Gasteiger partial charge in [-0.3, -0.25) is 0 Å². The number of carbonyl (C=O) groups is 2. The molecule has 5 N–H and O–H groups in total. The number of rotatable bonds is 23. The molecule has 0 saturated heterocycles. The minimum absolute atomic E-state index is 0.411. The average Bonchev–Trinajstić information content (AvgIpc) is 2.74. The van der Waals surface area contributed by atoms with E-state index in [2.05, 4.69) is 6.92 Å². The second-order valence-corrected chi connectivity index (χ2v) is 8.97. The average molecular weight is 442 g/mol. The SMILES string of the molecule is CCCCCCCCCCCCCCCCCCN(C(N)=O)C(CCCCN)C(=O)O. The lowest BCUT2D eigenvalue weighted by Gasteiger charge is -2.27. The number of nitrogens with zero attached hydrogens (tertiary/aromatic N) is 1. The molecule has 6 heteroatoms. The Bertz CT molecular complexity index is 432. The van der Waals surface area contributed by atoms with Gasteiger partial charge in [0, 0.05) is 6.54 Å². The lowest BCUT2D eigenvalue weighted by molar-refractivity contribution is -0.142. The Labute approximate surface area is 191 Å². The molecule has 1 unspecified atom stereocenters. The maximum atomic E-state index is 11.7. The third kappa shape index (κ3) is 18.0. The van der Waals surface area contributed by atoms with E-state index in [4.69, 9.17) is 11.5 Å². The van der Waals surface area contributed by atoms with Crippen molar-refractivity contribution in [1.82, 2.24) is 4.90 Å². The molecule has 0 aromatic heterocycles. The Morgan fingerprint density at radius 3 is 1.48 bits per heavy atom. The van der Waals surface area contributed by atoms with Crippen molar-refractivity contribution in [2.24, 2.45) is 11.5 Å². The van der Waals surface area contributed by atoms with Crippen molar-refractivity contribution >= 4 is 12.0 Å². The van der Waals surface area contributed by atoms with Gasteiger partial charge >= 0.3 is 12.0 Å². The fourth-order valence-electron chi connectivity index (χ4n) is 4.14. The normalized spacial score (nSPS) is 12.1. The topological polar surface area (TPSA) is 110 Å².